The lowest BCUT2D eigenvalue weighted by atomic mass is 9.96. The number of likely N-dealkylation sites (tertiary alicyclic amines) is 1. The molecule has 1 saturated heterocycles. The molecule has 2 unspecified atom stereocenters. The third kappa shape index (κ3) is 5.61. The van der Waals surface area contributed by atoms with Gasteiger partial charge in [0.05, 0.1) is 17.4 Å². The fraction of sp³-hybridized carbons (Fsp3) is 0.393. The second kappa shape index (κ2) is 10.8. The minimum absolute atomic E-state index is 0.0287. The first-order valence-corrected chi connectivity index (χ1v) is 12.2. The summed E-state index contributed by atoms with van der Waals surface area (Å²) in [6, 6.07) is 12.3. The topological polar surface area (TPSA) is 73.2 Å². The number of amides is 1. The molecule has 35 heavy (non-hydrogen) atoms. The van der Waals surface area contributed by atoms with E-state index in [0.29, 0.717) is 31.5 Å². The van der Waals surface area contributed by atoms with E-state index in [1.807, 2.05) is 42.3 Å². The lowest BCUT2D eigenvalue weighted by Crippen LogP contribution is -2.40. The first-order chi connectivity index (χ1) is 16.9. The minimum Gasteiger partial charge on any atom is -0.481 e. The molecule has 0 radical (unpaired) electrons. The van der Waals surface area contributed by atoms with Gasteiger partial charge in [-0.05, 0) is 55.2 Å². The summed E-state index contributed by atoms with van der Waals surface area (Å²) in [5.41, 5.74) is 4.26. The van der Waals surface area contributed by atoms with Crippen molar-refractivity contribution in [3.05, 3.63) is 72.1 Å². The van der Waals surface area contributed by atoms with Gasteiger partial charge in [0.15, 0.2) is 0 Å². The van der Waals surface area contributed by atoms with Crippen molar-refractivity contribution in [2.75, 3.05) is 25.0 Å². The maximum atomic E-state index is 13.7. The molecular formula is C28H32FN3O3. The molecule has 2 heterocycles. The Morgan fingerprint density at radius 2 is 2.06 bits per heavy atom. The Labute approximate surface area is 205 Å². The molecule has 0 saturated carbocycles. The zero-order chi connectivity index (χ0) is 24.9. The molecule has 2 aromatic carbocycles. The zero-order valence-electron chi connectivity index (χ0n) is 20.1. The third-order valence-corrected chi connectivity index (χ3v) is 6.99. The van der Waals surface area contributed by atoms with Crippen molar-refractivity contribution in [2.45, 2.75) is 50.5 Å². The average Bonchev–Trinajstić information content (AvgIpc) is 3.33. The molecule has 7 heteroatoms. The van der Waals surface area contributed by atoms with Crippen molar-refractivity contribution < 1.29 is 19.1 Å². The molecule has 0 aromatic heterocycles. The van der Waals surface area contributed by atoms with Crippen LogP contribution in [0, 0.1) is 5.82 Å². The van der Waals surface area contributed by atoms with Crippen LogP contribution in [0.15, 0.2) is 60.1 Å². The Morgan fingerprint density at radius 1 is 1.23 bits per heavy atom. The summed E-state index contributed by atoms with van der Waals surface area (Å²) in [7, 11) is 2.00. The van der Waals surface area contributed by atoms with E-state index in [2.05, 4.69) is 11.5 Å². The monoisotopic (exact) mass is 477 g/mol. The number of carboxylic acids is 1. The van der Waals surface area contributed by atoms with Crippen molar-refractivity contribution in [2.24, 2.45) is 4.99 Å². The first-order valence-electron chi connectivity index (χ1n) is 12.2. The van der Waals surface area contributed by atoms with E-state index < -0.39 is 5.97 Å². The Hall–Kier alpha value is -3.48. The first kappa shape index (κ1) is 24.6. The highest BCUT2D eigenvalue weighted by atomic mass is 19.1. The highest BCUT2D eigenvalue weighted by molar-refractivity contribution is 6.02. The number of allylic oxidation sites excluding steroid dienone is 1. The van der Waals surface area contributed by atoms with E-state index in [9.17, 15) is 14.0 Å². The Balaban J connectivity index is 1.50. The van der Waals surface area contributed by atoms with E-state index in [1.54, 1.807) is 12.1 Å². The Bertz CT molecular complexity index is 1150. The highest BCUT2D eigenvalue weighted by Gasteiger charge is 2.31. The normalized spacial score (nSPS) is 19.3. The number of nitrogens with zero attached hydrogens (tertiary/aromatic N) is 3. The van der Waals surface area contributed by atoms with Gasteiger partial charge in [0.1, 0.15) is 5.82 Å². The van der Waals surface area contributed by atoms with Gasteiger partial charge in [-0.3, -0.25) is 14.6 Å². The molecule has 6 nitrogen and oxygen atoms in total. The molecule has 0 spiro atoms. The predicted molar refractivity (Wildman–Crippen MR) is 136 cm³/mol. The van der Waals surface area contributed by atoms with E-state index in [1.165, 1.54) is 6.07 Å². The average molecular weight is 478 g/mol. The summed E-state index contributed by atoms with van der Waals surface area (Å²) in [5, 5.41) is 8.93. The van der Waals surface area contributed by atoms with Gasteiger partial charge < -0.3 is 14.9 Å². The van der Waals surface area contributed by atoms with Crippen molar-refractivity contribution >= 4 is 29.0 Å². The number of carbonyl (C=O) groups excluding carboxylic acids is 1. The summed E-state index contributed by atoms with van der Waals surface area (Å²) >= 11 is 0. The summed E-state index contributed by atoms with van der Waals surface area (Å²) in [4.78, 5) is 33.1. The molecule has 2 atom stereocenters. The Morgan fingerprint density at radius 3 is 2.80 bits per heavy atom. The van der Waals surface area contributed by atoms with Crippen molar-refractivity contribution in [1.82, 2.24) is 4.90 Å². The van der Waals surface area contributed by atoms with Gasteiger partial charge in [0.2, 0.25) is 0 Å². The number of fused-ring (bicyclic) bond motifs is 1. The fourth-order valence-electron chi connectivity index (χ4n) is 5.12. The quantitative estimate of drug-likeness (QED) is 0.379. The van der Waals surface area contributed by atoms with Crippen LogP contribution in [0.5, 0.6) is 0 Å². The van der Waals surface area contributed by atoms with Gasteiger partial charge in [-0.1, -0.05) is 24.6 Å². The van der Waals surface area contributed by atoms with Gasteiger partial charge in [0.25, 0.3) is 5.91 Å². The van der Waals surface area contributed by atoms with Crippen LogP contribution in [-0.2, 0) is 4.79 Å². The number of rotatable bonds is 9. The van der Waals surface area contributed by atoms with Crippen LogP contribution >= 0.6 is 0 Å². The number of halogens is 1. The van der Waals surface area contributed by atoms with Gasteiger partial charge in [-0.25, -0.2) is 4.39 Å². The minimum atomic E-state index is -0.781. The number of carbonyl (C=O) groups is 2. The number of unbranched alkanes of at least 4 members (excludes halogenated alkanes) is 1. The van der Waals surface area contributed by atoms with Crippen molar-refractivity contribution in [1.29, 1.82) is 0 Å². The predicted octanol–water partition coefficient (Wildman–Crippen LogP) is 5.57. The van der Waals surface area contributed by atoms with Crippen LogP contribution in [-0.4, -0.2) is 53.8 Å². The second-order valence-corrected chi connectivity index (χ2v) is 9.36. The molecule has 2 aliphatic heterocycles. The molecule has 1 N–H and O–H groups in total. The number of aliphatic imine (C=N–C) groups is 1. The zero-order valence-corrected chi connectivity index (χ0v) is 20.1. The number of benzene rings is 2. The molecular weight excluding hydrogens is 445 g/mol. The van der Waals surface area contributed by atoms with Crippen LogP contribution < -0.4 is 4.90 Å². The molecule has 1 amide bonds. The van der Waals surface area contributed by atoms with E-state index in [0.717, 1.165) is 41.9 Å². The summed E-state index contributed by atoms with van der Waals surface area (Å²) in [5.74, 6) is -0.925. The smallest absolute Gasteiger partial charge is 0.303 e. The molecule has 0 aliphatic carbocycles. The standard InChI is InChI=1S/C28H32FN3O3/c1-3-7-23-25(10-4-5-11-27(33)34)31(2)26-17-20(12-13-24(26)30-23)28(35)32-15-14-21(18-32)19-8-6-9-22(29)16-19/h3,6,8-9,12-13,16-17,21,25H,1,4-5,7,10-11,14-15,18H2,2H3,(H,33,34). The fourth-order valence-corrected chi connectivity index (χ4v) is 5.12. The van der Waals surface area contributed by atoms with Crippen LogP contribution in [0.4, 0.5) is 15.8 Å². The number of hydrogen-bond donors (Lipinski definition) is 1. The third-order valence-electron chi connectivity index (χ3n) is 6.99. The maximum Gasteiger partial charge on any atom is 0.303 e. The van der Waals surface area contributed by atoms with Gasteiger partial charge in [0, 0.05) is 50.2 Å². The largest absolute Gasteiger partial charge is 0.481 e. The van der Waals surface area contributed by atoms with Crippen LogP contribution in [0.25, 0.3) is 0 Å². The van der Waals surface area contributed by atoms with Crippen LogP contribution in [0.3, 0.4) is 0 Å². The van der Waals surface area contributed by atoms with E-state index in [-0.39, 0.29) is 30.1 Å². The van der Waals surface area contributed by atoms with Crippen LogP contribution in [0.1, 0.15) is 60.4 Å². The molecule has 2 aromatic rings. The molecule has 184 valence electrons. The van der Waals surface area contributed by atoms with Gasteiger partial charge >= 0.3 is 5.97 Å². The lowest BCUT2D eigenvalue weighted by molar-refractivity contribution is -0.137. The number of aliphatic carboxylic acids is 1. The van der Waals surface area contributed by atoms with Gasteiger partial charge in [-0.15, -0.1) is 6.58 Å². The second-order valence-electron chi connectivity index (χ2n) is 9.36. The number of carboxylic acid groups (broad SMARTS) is 1. The highest BCUT2D eigenvalue weighted by Crippen LogP contribution is 2.37. The SMILES string of the molecule is C=CCC1=Nc2ccc(C(=O)N3CCC(c4cccc(F)c4)C3)cc2N(C)C1CCCCC(=O)O. The van der Waals surface area contributed by atoms with Gasteiger partial charge in [-0.2, -0.15) is 0 Å². The lowest BCUT2D eigenvalue weighted by Gasteiger charge is -2.36. The molecule has 2 aliphatic rings. The summed E-state index contributed by atoms with van der Waals surface area (Å²) in [6.07, 6.45) is 5.65. The van der Waals surface area contributed by atoms with Crippen molar-refractivity contribution in [3.8, 4) is 0 Å². The summed E-state index contributed by atoms with van der Waals surface area (Å²) in [6.45, 7) is 5.07. The van der Waals surface area contributed by atoms with E-state index >= 15 is 0 Å². The molecule has 4 rings (SSSR count). The molecule has 1 fully saturated rings. The summed E-state index contributed by atoms with van der Waals surface area (Å²) < 4.78 is 13.7. The number of anilines is 1. The number of hydrogen-bond acceptors (Lipinski definition) is 4. The van der Waals surface area contributed by atoms with Crippen molar-refractivity contribution in [3.63, 3.8) is 0 Å². The van der Waals surface area contributed by atoms with Crippen LogP contribution in [0.2, 0.25) is 0 Å². The Kier molecular flexibility index (Phi) is 7.63. The van der Waals surface area contributed by atoms with E-state index in [4.69, 9.17) is 10.1 Å². The molecule has 0 bridgehead atoms. The maximum absolute atomic E-state index is 13.7.